The summed E-state index contributed by atoms with van der Waals surface area (Å²) in [4.78, 5) is 16.2. The lowest BCUT2D eigenvalue weighted by molar-refractivity contribution is -0.136. The third-order valence-corrected chi connectivity index (χ3v) is 4.19. The molecule has 0 aliphatic rings. The number of aromatic nitrogens is 2. The number of aliphatic carboxylic acids is 1. The molecule has 102 valence electrons. The molecular formula is C15H14N2O2S. The van der Waals surface area contributed by atoms with E-state index in [9.17, 15) is 4.79 Å². The fraction of sp³-hybridized carbons (Fsp3) is 0.200. The highest BCUT2D eigenvalue weighted by atomic mass is 32.1. The van der Waals surface area contributed by atoms with Crippen molar-refractivity contribution in [1.29, 1.82) is 0 Å². The molecule has 0 bridgehead atoms. The van der Waals surface area contributed by atoms with Crippen molar-refractivity contribution in [2.24, 2.45) is 0 Å². The van der Waals surface area contributed by atoms with Crippen LogP contribution in [0, 0.1) is 6.92 Å². The van der Waals surface area contributed by atoms with E-state index in [0.717, 1.165) is 21.9 Å². The summed E-state index contributed by atoms with van der Waals surface area (Å²) in [5.74, 6) is -0.774. The van der Waals surface area contributed by atoms with E-state index in [4.69, 9.17) is 5.11 Å². The van der Waals surface area contributed by atoms with Crippen LogP contribution in [0.3, 0.4) is 0 Å². The number of thiazole rings is 1. The molecule has 1 N–H and O–H groups in total. The van der Waals surface area contributed by atoms with Gasteiger partial charge in [-0.1, -0.05) is 24.3 Å². The monoisotopic (exact) mass is 286 g/mol. The molecule has 0 aliphatic heterocycles. The Morgan fingerprint density at radius 3 is 2.95 bits per heavy atom. The zero-order chi connectivity index (χ0) is 14.1. The van der Waals surface area contributed by atoms with E-state index in [1.165, 1.54) is 5.56 Å². The van der Waals surface area contributed by atoms with Crippen molar-refractivity contribution < 1.29 is 9.90 Å². The molecule has 2 heterocycles. The van der Waals surface area contributed by atoms with Gasteiger partial charge in [0.25, 0.3) is 0 Å². The molecule has 1 aromatic carbocycles. The van der Waals surface area contributed by atoms with E-state index in [0.29, 0.717) is 6.42 Å². The molecule has 0 amide bonds. The maximum atomic E-state index is 10.7. The maximum absolute atomic E-state index is 10.7. The summed E-state index contributed by atoms with van der Waals surface area (Å²) >= 11 is 1.55. The van der Waals surface area contributed by atoms with Gasteiger partial charge < -0.3 is 5.11 Å². The molecule has 4 nitrogen and oxygen atoms in total. The predicted molar refractivity (Wildman–Crippen MR) is 79.2 cm³/mol. The Bertz CT molecular complexity index is 773. The summed E-state index contributed by atoms with van der Waals surface area (Å²) in [5, 5.41) is 10.8. The number of carboxylic acids is 1. The zero-order valence-corrected chi connectivity index (χ0v) is 11.9. The highest BCUT2D eigenvalue weighted by molar-refractivity contribution is 7.15. The average molecular weight is 286 g/mol. The molecule has 0 radical (unpaired) electrons. The lowest BCUT2D eigenvalue weighted by Crippen LogP contribution is -1.99. The number of rotatable bonds is 4. The van der Waals surface area contributed by atoms with Crippen molar-refractivity contribution in [3.63, 3.8) is 0 Å². The summed E-state index contributed by atoms with van der Waals surface area (Å²) in [6.45, 7) is 2.06. The minimum absolute atomic E-state index is 0.143. The van der Waals surface area contributed by atoms with Gasteiger partial charge in [-0.2, -0.15) is 0 Å². The number of carbonyl (C=O) groups is 1. The quantitative estimate of drug-likeness (QED) is 0.800. The van der Waals surface area contributed by atoms with Crippen LogP contribution in [0.5, 0.6) is 0 Å². The first-order valence-corrected chi connectivity index (χ1v) is 7.26. The van der Waals surface area contributed by atoms with Crippen LogP contribution in [-0.4, -0.2) is 20.5 Å². The van der Waals surface area contributed by atoms with Crippen molar-refractivity contribution in [1.82, 2.24) is 9.38 Å². The van der Waals surface area contributed by atoms with Gasteiger partial charge in [0.15, 0.2) is 4.96 Å². The SMILES string of the molecule is Cc1ccccc1-c1cn2c(CCC(=O)O)csc2n1. The molecule has 0 unspecified atom stereocenters. The largest absolute Gasteiger partial charge is 0.481 e. The first-order valence-electron chi connectivity index (χ1n) is 6.38. The molecule has 0 spiro atoms. The third kappa shape index (κ3) is 2.32. The maximum Gasteiger partial charge on any atom is 0.303 e. The standard InChI is InChI=1S/C15H14N2O2S/c1-10-4-2-3-5-12(10)13-8-17-11(6-7-14(18)19)9-20-15(17)16-13/h2-5,8-9H,6-7H2,1H3,(H,18,19). The second-order valence-corrected chi connectivity index (χ2v) is 5.55. The van der Waals surface area contributed by atoms with E-state index in [1.54, 1.807) is 11.3 Å². The van der Waals surface area contributed by atoms with E-state index in [-0.39, 0.29) is 6.42 Å². The minimum atomic E-state index is -0.774. The second kappa shape index (κ2) is 5.09. The molecule has 0 atom stereocenters. The van der Waals surface area contributed by atoms with Crippen LogP contribution in [0.15, 0.2) is 35.8 Å². The Kier molecular flexibility index (Phi) is 3.28. The van der Waals surface area contributed by atoms with E-state index < -0.39 is 5.97 Å². The minimum Gasteiger partial charge on any atom is -0.481 e. The Balaban J connectivity index is 1.99. The number of carboxylic acid groups (broad SMARTS) is 1. The molecule has 2 aromatic heterocycles. The number of nitrogens with zero attached hydrogens (tertiary/aromatic N) is 2. The molecule has 20 heavy (non-hydrogen) atoms. The first kappa shape index (κ1) is 12.9. The Hall–Kier alpha value is -2.14. The van der Waals surface area contributed by atoms with Crippen molar-refractivity contribution in [2.45, 2.75) is 19.8 Å². The molecule has 5 heteroatoms. The van der Waals surface area contributed by atoms with Gasteiger partial charge in [-0.15, -0.1) is 11.3 Å². The van der Waals surface area contributed by atoms with Gasteiger partial charge in [-0.05, 0) is 18.9 Å². The number of hydrogen-bond acceptors (Lipinski definition) is 3. The molecule has 0 saturated heterocycles. The van der Waals surface area contributed by atoms with Crippen molar-refractivity contribution in [3.8, 4) is 11.3 Å². The van der Waals surface area contributed by atoms with Crippen LogP contribution in [-0.2, 0) is 11.2 Å². The summed E-state index contributed by atoms with van der Waals surface area (Å²) in [6, 6.07) is 8.13. The van der Waals surface area contributed by atoms with Gasteiger partial charge in [-0.25, -0.2) is 4.98 Å². The van der Waals surface area contributed by atoms with Crippen molar-refractivity contribution in [3.05, 3.63) is 47.1 Å². The van der Waals surface area contributed by atoms with Gasteiger partial charge >= 0.3 is 5.97 Å². The van der Waals surface area contributed by atoms with Gasteiger partial charge in [-0.3, -0.25) is 9.20 Å². The van der Waals surface area contributed by atoms with Gasteiger partial charge in [0.1, 0.15) is 0 Å². The van der Waals surface area contributed by atoms with E-state index in [1.807, 2.05) is 28.1 Å². The zero-order valence-electron chi connectivity index (χ0n) is 11.0. The Morgan fingerprint density at radius 2 is 2.20 bits per heavy atom. The number of benzene rings is 1. The molecular weight excluding hydrogens is 272 g/mol. The molecule has 0 saturated carbocycles. The summed E-state index contributed by atoms with van der Waals surface area (Å²) in [5.41, 5.74) is 4.24. The summed E-state index contributed by atoms with van der Waals surface area (Å²) < 4.78 is 2.00. The highest BCUT2D eigenvalue weighted by Gasteiger charge is 2.11. The van der Waals surface area contributed by atoms with Gasteiger partial charge in [0, 0.05) is 22.8 Å². The normalized spacial score (nSPS) is 11.1. The lowest BCUT2D eigenvalue weighted by atomic mass is 10.1. The molecule has 0 aliphatic carbocycles. The molecule has 0 fully saturated rings. The van der Waals surface area contributed by atoms with Gasteiger partial charge in [0.2, 0.25) is 0 Å². The fourth-order valence-corrected chi connectivity index (χ4v) is 3.14. The van der Waals surface area contributed by atoms with Crippen LogP contribution in [0.25, 0.3) is 16.2 Å². The smallest absolute Gasteiger partial charge is 0.303 e. The Morgan fingerprint density at radius 1 is 1.40 bits per heavy atom. The topological polar surface area (TPSA) is 54.6 Å². The summed E-state index contributed by atoms with van der Waals surface area (Å²) in [7, 11) is 0. The molecule has 3 rings (SSSR count). The number of imidazole rings is 1. The van der Waals surface area contributed by atoms with Crippen LogP contribution >= 0.6 is 11.3 Å². The number of fused-ring (bicyclic) bond motifs is 1. The van der Waals surface area contributed by atoms with E-state index >= 15 is 0 Å². The van der Waals surface area contributed by atoms with Gasteiger partial charge in [0.05, 0.1) is 12.1 Å². The lowest BCUT2D eigenvalue weighted by Gasteiger charge is -2.00. The van der Waals surface area contributed by atoms with Crippen molar-refractivity contribution >= 4 is 22.3 Å². The second-order valence-electron chi connectivity index (χ2n) is 4.71. The van der Waals surface area contributed by atoms with Crippen LogP contribution < -0.4 is 0 Å². The molecule has 3 aromatic rings. The number of hydrogen-bond donors (Lipinski definition) is 1. The highest BCUT2D eigenvalue weighted by Crippen LogP contribution is 2.26. The average Bonchev–Trinajstić information content (AvgIpc) is 2.97. The van der Waals surface area contributed by atoms with Crippen LogP contribution in [0.1, 0.15) is 17.7 Å². The third-order valence-electron chi connectivity index (χ3n) is 3.30. The van der Waals surface area contributed by atoms with Crippen molar-refractivity contribution in [2.75, 3.05) is 0 Å². The Labute approximate surface area is 120 Å². The fourth-order valence-electron chi connectivity index (χ4n) is 2.23. The van der Waals surface area contributed by atoms with Crippen LogP contribution in [0.2, 0.25) is 0 Å². The predicted octanol–water partition coefficient (Wildman–Crippen LogP) is 3.39. The van der Waals surface area contributed by atoms with E-state index in [2.05, 4.69) is 24.0 Å². The number of aryl methyl sites for hydroxylation is 2. The summed E-state index contributed by atoms with van der Waals surface area (Å²) in [6.07, 6.45) is 2.66. The van der Waals surface area contributed by atoms with Crippen LogP contribution in [0.4, 0.5) is 0 Å². The first-order chi connectivity index (χ1) is 9.65.